The molecule has 2 amide bonds. The SMILES string of the molecule is NCC(=O)N1CCC[C@H]1C(O)C(=O)NCc1ccc(OC(F)F)cc1. The number of hydrogen-bond acceptors (Lipinski definition) is 5. The van der Waals surface area contributed by atoms with E-state index in [-0.39, 0.29) is 24.7 Å². The first kappa shape index (κ1) is 19.1. The molecule has 1 aliphatic heterocycles. The predicted octanol–water partition coefficient (Wildman–Crippen LogP) is 0.215. The summed E-state index contributed by atoms with van der Waals surface area (Å²) in [5.41, 5.74) is 5.99. The van der Waals surface area contributed by atoms with E-state index in [4.69, 9.17) is 5.73 Å². The minimum atomic E-state index is -2.90. The normalized spacial score (nSPS) is 18.3. The highest BCUT2D eigenvalue weighted by atomic mass is 19.3. The maximum atomic E-state index is 12.1. The van der Waals surface area contributed by atoms with Crippen LogP contribution in [0, 0.1) is 0 Å². The first-order valence-electron chi connectivity index (χ1n) is 7.91. The molecule has 4 N–H and O–H groups in total. The maximum Gasteiger partial charge on any atom is 0.387 e. The van der Waals surface area contributed by atoms with Gasteiger partial charge in [0.2, 0.25) is 5.91 Å². The fourth-order valence-corrected chi connectivity index (χ4v) is 2.80. The minimum Gasteiger partial charge on any atom is -0.435 e. The van der Waals surface area contributed by atoms with Crippen molar-refractivity contribution < 1.29 is 28.2 Å². The Kier molecular flexibility index (Phi) is 6.65. The summed E-state index contributed by atoms with van der Waals surface area (Å²) in [4.78, 5) is 25.3. The third-order valence-corrected chi connectivity index (χ3v) is 4.04. The number of carbonyl (C=O) groups excluding carboxylic acids is 2. The van der Waals surface area contributed by atoms with Crippen molar-refractivity contribution in [1.82, 2.24) is 10.2 Å². The molecule has 1 aliphatic rings. The number of amides is 2. The zero-order chi connectivity index (χ0) is 18.4. The van der Waals surface area contributed by atoms with Crippen molar-refractivity contribution in [3.05, 3.63) is 29.8 Å². The topological polar surface area (TPSA) is 105 Å². The Bertz CT molecular complexity index is 598. The monoisotopic (exact) mass is 357 g/mol. The number of benzene rings is 1. The summed E-state index contributed by atoms with van der Waals surface area (Å²) in [7, 11) is 0. The third-order valence-electron chi connectivity index (χ3n) is 4.04. The molecule has 0 spiro atoms. The lowest BCUT2D eigenvalue weighted by atomic mass is 10.1. The van der Waals surface area contributed by atoms with Crippen LogP contribution in [0.4, 0.5) is 8.78 Å². The lowest BCUT2D eigenvalue weighted by molar-refractivity contribution is -0.138. The number of rotatable bonds is 7. The summed E-state index contributed by atoms with van der Waals surface area (Å²) in [5, 5.41) is 12.8. The lowest BCUT2D eigenvalue weighted by Gasteiger charge is -2.27. The number of halogens is 2. The number of carbonyl (C=O) groups is 2. The second-order valence-corrected chi connectivity index (χ2v) is 5.69. The van der Waals surface area contributed by atoms with E-state index in [9.17, 15) is 23.5 Å². The second-order valence-electron chi connectivity index (χ2n) is 5.69. The molecular formula is C16H21F2N3O4. The first-order chi connectivity index (χ1) is 11.9. The number of alkyl halides is 2. The van der Waals surface area contributed by atoms with Gasteiger partial charge in [-0.3, -0.25) is 9.59 Å². The summed E-state index contributed by atoms with van der Waals surface area (Å²) in [6, 6.07) is 5.21. The highest BCUT2D eigenvalue weighted by molar-refractivity contribution is 5.84. The van der Waals surface area contributed by atoms with E-state index in [0.717, 1.165) is 0 Å². The van der Waals surface area contributed by atoms with Crippen molar-refractivity contribution in [2.45, 2.75) is 38.1 Å². The summed E-state index contributed by atoms with van der Waals surface area (Å²) < 4.78 is 28.4. The van der Waals surface area contributed by atoms with Crippen molar-refractivity contribution in [3.63, 3.8) is 0 Å². The molecule has 7 nitrogen and oxygen atoms in total. The van der Waals surface area contributed by atoms with Gasteiger partial charge in [-0.05, 0) is 30.5 Å². The zero-order valence-electron chi connectivity index (χ0n) is 13.5. The number of nitrogens with one attached hydrogen (secondary N) is 1. The molecule has 1 unspecified atom stereocenters. The maximum absolute atomic E-state index is 12.1. The number of aliphatic hydroxyl groups excluding tert-OH is 1. The molecule has 1 aromatic carbocycles. The van der Waals surface area contributed by atoms with Gasteiger partial charge in [-0.15, -0.1) is 0 Å². The molecule has 1 aromatic rings. The molecule has 9 heteroatoms. The van der Waals surface area contributed by atoms with Gasteiger partial charge in [0.1, 0.15) is 5.75 Å². The van der Waals surface area contributed by atoms with Crippen LogP contribution in [0.15, 0.2) is 24.3 Å². The summed E-state index contributed by atoms with van der Waals surface area (Å²) >= 11 is 0. The van der Waals surface area contributed by atoms with E-state index in [0.29, 0.717) is 24.9 Å². The van der Waals surface area contributed by atoms with E-state index in [1.54, 1.807) is 0 Å². The van der Waals surface area contributed by atoms with Gasteiger partial charge in [-0.1, -0.05) is 12.1 Å². The van der Waals surface area contributed by atoms with Crippen LogP contribution in [0.25, 0.3) is 0 Å². The smallest absolute Gasteiger partial charge is 0.387 e. The molecule has 138 valence electrons. The molecule has 1 fully saturated rings. The molecule has 0 aromatic heterocycles. The largest absolute Gasteiger partial charge is 0.435 e. The summed E-state index contributed by atoms with van der Waals surface area (Å²) in [6.07, 6.45) is -0.119. The highest BCUT2D eigenvalue weighted by Crippen LogP contribution is 2.20. The third kappa shape index (κ3) is 5.10. The molecule has 0 aliphatic carbocycles. The van der Waals surface area contributed by atoms with Gasteiger partial charge in [0, 0.05) is 13.1 Å². The fourth-order valence-electron chi connectivity index (χ4n) is 2.80. The molecule has 2 rings (SSSR count). The molecular weight excluding hydrogens is 336 g/mol. The summed E-state index contributed by atoms with van der Waals surface area (Å²) in [5.74, 6) is -0.884. The molecule has 25 heavy (non-hydrogen) atoms. The van der Waals surface area contributed by atoms with Crippen LogP contribution in [-0.4, -0.2) is 53.7 Å². The van der Waals surface area contributed by atoms with Crippen LogP contribution in [0.5, 0.6) is 5.75 Å². The Labute approximate surface area is 143 Å². The van der Waals surface area contributed by atoms with Crippen molar-refractivity contribution in [2.24, 2.45) is 5.73 Å². The average Bonchev–Trinajstić information content (AvgIpc) is 3.08. The quantitative estimate of drug-likeness (QED) is 0.647. The standard InChI is InChI=1S/C16H21F2N3O4/c17-16(18)25-11-5-3-10(4-6-11)9-20-15(24)14(23)12-2-1-7-21(12)13(22)8-19/h3-6,12,14,16,23H,1-2,7-9,19H2,(H,20,24)/t12-,14?/m0/s1. The van der Waals surface area contributed by atoms with E-state index in [1.807, 2.05) is 0 Å². The van der Waals surface area contributed by atoms with E-state index in [1.165, 1.54) is 29.2 Å². The van der Waals surface area contributed by atoms with Crippen LogP contribution < -0.4 is 15.8 Å². The Balaban J connectivity index is 1.87. The van der Waals surface area contributed by atoms with Crippen molar-refractivity contribution in [1.29, 1.82) is 0 Å². The van der Waals surface area contributed by atoms with Crippen LogP contribution in [0.3, 0.4) is 0 Å². The van der Waals surface area contributed by atoms with Crippen molar-refractivity contribution >= 4 is 11.8 Å². The van der Waals surface area contributed by atoms with E-state index < -0.39 is 24.7 Å². The molecule has 0 saturated carbocycles. The van der Waals surface area contributed by atoms with E-state index in [2.05, 4.69) is 10.1 Å². The number of aliphatic hydroxyl groups is 1. The Morgan fingerprint density at radius 2 is 2.04 bits per heavy atom. The minimum absolute atomic E-state index is 0.0204. The molecule has 0 radical (unpaired) electrons. The van der Waals surface area contributed by atoms with E-state index >= 15 is 0 Å². The first-order valence-corrected chi connectivity index (χ1v) is 7.91. The second kappa shape index (κ2) is 8.72. The zero-order valence-corrected chi connectivity index (χ0v) is 13.5. The molecule has 0 bridgehead atoms. The van der Waals surface area contributed by atoms with Gasteiger partial charge in [-0.2, -0.15) is 8.78 Å². The number of likely N-dealkylation sites (tertiary alicyclic amines) is 1. The molecule has 2 atom stereocenters. The number of nitrogens with zero attached hydrogens (tertiary/aromatic N) is 1. The highest BCUT2D eigenvalue weighted by Gasteiger charge is 2.36. The lowest BCUT2D eigenvalue weighted by Crippen LogP contribution is -2.50. The van der Waals surface area contributed by atoms with Gasteiger partial charge in [0.05, 0.1) is 12.6 Å². The van der Waals surface area contributed by atoms with Gasteiger partial charge in [0.25, 0.3) is 5.91 Å². The Hall–Kier alpha value is -2.26. The Morgan fingerprint density at radius 1 is 1.36 bits per heavy atom. The van der Waals surface area contributed by atoms with Gasteiger partial charge in [-0.25, -0.2) is 0 Å². The predicted molar refractivity (Wildman–Crippen MR) is 84.7 cm³/mol. The van der Waals surface area contributed by atoms with Crippen LogP contribution in [0.2, 0.25) is 0 Å². The molecule has 1 saturated heterocycles. The van der Waals surface area contributed by atoms with Crippen LogP contribution in [0.1, 0.15) is 18.4 Å². The van der Waals surface area contributed by atoms with Crippen LogP contribution >= 0.6 is 0 Å². The van der Waals surface area contributed by atoms with Crippen LogP contribution in [-0.2, 0) is 16.1 Å². The Morgan fingerprint density at radius 3 is 2.64 bits per heavy atom. The summed E-state index contributed by atoms with van der Waals surface area (Å²) in [6.45, 7) is -2.48. The number of hydrogen-bond donors (Lipinski definition) is 3. The van der Waals surface area contributed by atoms with Crippen molar-refractivity contribution in [2.75, 3.05) is 13.1 Å². The number of nitrogens with two attached hydrogens (primary N) is 1. The van der Waals surface area contributed by atoms with Crippen molar-refractivity contribution in [3.8, 4) is 5.75 Å². The van der Waals surface area contributed by atoms with Gasteiger partial charge in [0.15, 0.2) is 6.10 Å². The fraction of sp³-hybridized carbons (Fsp3) is 0.500. The average molecular weight is 357 g/mol. The van der Waals surface area contributed by atoms with Gasteiger partial charge >= 0.3 is 6.61 Å². The number of ether oxygens (including phenoxy) is 1. The molecule has 1 heterocycles. The van der Waals surface area contributed by atoms with Gasteiger partial charge < -0.3 is 25.8 Å².